The van der Waals surface area contributed by atoms with Gasteiger partial charge in [-0.1, -0.05) is 50.2 Å². The summed E-state index contributed by atoms with van der Waals surface area (Å²) in [4.78, 5) is 12.2. The molecular weight excluding hydrogens is 368 g/mol. The van der Waals surface area contributed by atoms with Crippen molar-refractivity contribution in [1.29, 1.82) is 0 Å². The average molecular weight is 401 g/mol. The quantitative estimate of drug-likeness (QED) is 0.559. The van der Waals surface area contributed by atoms with Crippen molar-refractivity contribution in [3.8, 4) is 11.5 Å². The summed E-state index contributed by atoms with van der Waals surface area (Å²) in [6, 6.07) is 15.0. The fraction of sp³-hybridized carbons (Fsp3) is 0.435. The van der Waals surface area contributed by atoms with Crippen molar-refractivity contribution in [2.75, 3.05) is 13.7 Å². The summed E-state index contributed by atoms with van der Waals surface area (Å²) in [6.07, 6.45) is 1.17. The Morgan fingerprint density at radius 3 is 2.41 bits per heavy atom. The number of benzene rings is 2. The normalized spacial score (nSPS) is 12.2. The third kappa shape index (κ3) is 6.68. The summed E-state index contributed by atoms with van der Waals surface area (Å²) in [7, 11) is 1.59. The zero-order valence-electron chi connectivity index (χ0n) is 17.7. The Bertz CT molecular complexity index is 776. The van der Waals surface area contributed by atoms with Crippen LogP contribution in [-0.4, -0.2) is 30.4 Å². The van der Waals surface area contributed by atoms with Gasteiger partial charge in [0.15, 0.2) is 11.5 Å². The van der Waals surface area contributed by atoms with E-state index in [4.69, 9.17) is 9.47 Å². The van der Waals surface area contributed by atoms with Crippen LogP contribution >= 0.6 is 0 Å². The lowest BCUT2D eigenvalue weighted by Crippen LogP contribution is -2.46. The van der Waals surface area contributed by atoms with Crippen molar-refractivity contribution in [3.63, 3.8) is 0 Å². The summed E-state index contributed by atoms with van der Waals surface area (Å²) in [5, 5.41) is 15.9. The van der Waals surface area contributed by atoms with Crippen molar-refractivity contribution >= 4 is 6.03 Å². The second-order valence-electron chi connectivity index (χ2n) is 7.16. The lowest BCUT2D eigenvalue weighted by Gasteiger charge is -2.26. The Labute approximate surface area is 173 Å². The first-order valence-corrected chi connectivity index (χ1v) is 10.0. The molecule has 29 heavy (non-hydrogen) atoms. The Hall–Kier alpha value is -2.73. The fourth-order valence-electron chi connectivity index (χ4n) is 2.88. The molecule has 0 aromatic heterocycles. The lowest BCUT2D eigenvalue weighted by atomic mass is 9.98. The molecule has 0 aliphatic rings. The molecule has 0 heterocycles. The van der Waals surface area contributed by atoms with Gasteiger partial charge in [0.05, 0.1) is 18.8 Å². The van der Waals surface area contributed by atoms with Crippen LogP contribution in [0.3, 0.4) is 0 Å². The van der Waals surface area contributed by atoms with Crippen LogP contribution in [0.1, 0.15) is 50.8 Å². The van der Waals surface area contributed by atoms with E-state index in [1.165, 1.54) is 0 Å². The third-order valence-electron chi connectivity index (χ3n) is 5.17. The topological polar surface area (TPSA) is 79.8 Å². The second-order valence-corrected chi connectivity index (χ2v) is 7.16. The molecule has 158 valence electrons. The third-order valence-corrected chi connectivity index (χ3v) is 5.17. The highest BCUT2D eigenvalue weighted by atomic mass is 16.5. The SMILES string of the molecule is CCC(O)(CC)CNC(=O)NC(C)c1ccc(OCc2ccccc2)c(OC)c1. The molecule has 1 unspecified atom stereocenters. The summed E-state index contributed by atoms with van der Waals surface area (Å²) in [5.74, 6) is 1.26. The molecule has 2 aromatic carbocycles. The number of hydrogen-bond donors (Lipinski definition) is 3. The number of carbonyl (C=O) groups is 1. The largest absolute Gasteiger partial charge is 0.493 e. The van der Waals surface area contributed by atoms with Crippen molar-refractivity contribution in [3.05, 3.63) is 59.7 Å². The van der Waals surface area contributed by atoms with Gasteiger partial charge in [-0.2, -0.15) is 0 Å². The maximum absolute atomic E-state index is 12.2. The number of amides is 2. The average Bonchev–Trinajstić information content (AvgIpc) is 2.76. The molecule has 0 aliphatic carbocycles. The number of hydrogen-bond acceptors (Lipinski definition) is 4. The number of rotatable bonds is 10. The monoisotopic (exact) mass is 400 g/mol. The summed E-state index contributed by atoms with van der Waals surface area (Å²) >= 11 is 0. The molecule has 1 atom stereocenters. The Morgan fingerprint density at radius 1 is 1.10 bits per heavy atom. The van der Waals surface area contributed by atoms with E-state index in [2.05, 4.69) is 10.6 Å². The van der Waals surface area contributed by atoms with Crippen LogP contribution in [0.4, 0.5) is 4.79 Å². The minimum absolute atomic E-state index is 0.216. The van der Waals surface area contributed by atoms with E-state index in [0.717, 1.165) is 11.1 Å². The highest BCUT2D eigenvalue weighted by Crippen LogP contribution is 2.31. The number of urea groups is 1. The predicted molar refractivity (Wildman–Crippen MR) is 114 cm³/mol. The van der Waals surface area contributed by atoms with Gasteiger partial charge in [-0.25, -0.2) is 4.79 Å². The van der Waals surface area contributed by atoms with Crippen LogP contribution in [0, 0.1) is 0 Å². The molecule has 0 aliphatic heterocycles. The molecule has 3 N–H and O–H groups in total. The molecule has 2 aromatic rings. The summed E-state index contributed by atoms with van der Waals surface area (Å²) in [6.45, 7) is 6.36. The highest BCUT2D eigenvalue weighted by Gasteiger charge is 2.23. The van der Waals surface area contributed by atoms with E-state index in [-0.39, 0.29) is 18.6 Å². The predicted octanol–water partition coefficient (Wildman–Crippen LogP) is 4.19. The molecule has 0 fully saturated rings. The molecule has 2 rings (SSSR count). The van der Waals surface area contributed by atoms with Gasteiger partial charge < -0.3 is 25.2 Å². The minimum Gasteiger partial charge on any atom is -0.493 e. The van der Waals surface area contributed by atoms with Gasteiger partial charge in [-0.15, -0.1) is 0 Å². The van der Waals surface area contributed by atoms with Crippen molar-refractivity contribution in [1.82, 2.24) is 10.6 Å². The van der Waals surface area contributed by atoms with Crippen LogP contribution in [0.25, 0.3) is 0 Å². The molecule has 0 saturated heterocycles. The zero-order chi connectivity index (χ0) is 21.3. The molecule has 6 heteroatoms. The van der Waals surface area contributed by atoms with Crippen LogP contribution in [-0.2, 0) is 6.61 Å². The Balaban J connectivity index is 1.96. The van der Waals surface area contributed by atoms with Gasteiger partial charge in [0, 0.05) is 6.54 Å². The Morgan fingerprint density at radius 2 is 1.79 bits per heavy atom. The smallest absolute Gasteiger partial charge is 0.315 e. The number of ether oxygens (including phenoxy) is 2. The van der Waals surface area contributed by atoms with Gasteiger partial charge in [-0.05, 0) is 43.0 Å². The van der Waals surface area contributed by atoms with E-state index in [1.807, 2.05) is 69.3 Å². The minimum atomic E-state index is -0.873. The van der Waals surface area contributed by atoms with Crippen LogP contribution in [0.2, 0.25) is 0 Å². The fourth-order valence-corrected chi connectivity index (χ4v) is 2.88. The standard InChI is InChI=1S/C23H32N2O4/c1-5-23(27,6-2)16-24-22(26)25-17(3)19-12-13-20(21(14-19)28-4)29-15-18-10-8-7-9-11-18/h7-14,17,27H,5-6,15-16H2,1-4H3,(H2,24,25,26). The van der Waals surface area contributed by atoms with E-state index < -0.39 is 5.60 Å². The first kappa shape index (κ1) is 22.6. The number of aliphatic hydroxyl groups is 1. The molecule has 0 bridgehead atoms. The zero-order valence-corrected chi connectivity index (χ0v) is 17.7. The molecule has 2 amide bonds. The number of methoxy groups -OCH3 is 1. The number of nitrogens with one attached hydrogen (secondary N) is 2. The molecule has 0 radical (unpaired) electrons. The van der Waals surface area contributed by atoms with Gasteiger partial charge in [0.25, 0.3) is 0 Å². The van der Waals surface area contributed by atoms with Gasteiger partial charge in [-0.3, -0.25) is 0 Å². The molecular formula is C23H32N2O4. The van der Waals surface area contributed by atoms with Crippen LogP contribution in [0.5, 0.6) is 11.5 Å². The lowest BCUT2D eigenvalue weighted by molar-refractivity contribution is 0.0349. The summed E-state index contributed by atoms with van der Waals surface area (Å²) < 4.78 is 11.3. The molecule has 6 nitrogen and oxygen atoms in total. The van der Waals surface area contributed by atoms with Crippen molar-refractivity contribution in [2.24, 2.45) is 0 Å². The van der Waals surface area contributed by atoms with Crippen molar-refractivity contribution in [2.45, 2.75) is 51.9 Å². The van der Waals surface area contributed by atoms with Gasteiger partial charge in [0.2, 0.25) is 0 Å². The maximum Gasteiger partial charge on any atom is 0.315 e. The van der Waals surface area contributed by atoms with Crippen molar-refractivity contribution < 1.29 is 19.4 Å². The number of carbonyl (C=O) groups excluding carboxylic acids is 1. The van der Waals surface area contributed by atoms with E-state index >= 15 is 0 Å². The van der Waals surface area contributed by atoms with E-state index in [1.54, 1.807) is 7.11 Å². The van der Waals surface area contributed by atoms with Crippen LogP contribution < -0.4 is 20.1 Å². The van der Waals surface area contributed by atoms with Gasteiger partial charge in [0.1, 0.15) is 6.61 Å². The molecule has 0 saturated carbocycles. The second kappa shape index (κ2) is 10.7. The maximum atomic E-state index is 12.2. The Kier molecular flexibility index (Phi) is 8.34. The molecule has 0 spiro atoms. The van der Waals surface area contributed by atoms with E-state index in [0.29, 0.717) is 30.9 Å². The first-order valence-electron chi connectivity index (χ1n) is 10.0. The van der Waals surface area contributed by atoms with Gasteiger partial charge >= 0.3 is 6.03 Å². The van der Waals surface area contributed by atoms with E-state index in [9.17, 15) is 9.90 Å². The highest BCUT2D eigenvalue weighted by molar-refractivity contribution is 5.74. The first-order chi connectivity index (χ1) is 13.9. The summed E-state index contributed by atoms with van der Waals surface area (Å²) in [5.41, 5.74) is 1.09. The van der Waals surface area contributed by atoms with Crippen LogP contribution in [0.15, 0.2) is 48.5 Å².